The van der Waals surface area contributed by atoms with Gasteiger partial charge >= 0.3 is 7.82 Å². The lowest BCUT2D eigenvalue weighted by molar-refractivity contribution is 0.123. The van der Waals surface area contributed by atoms with Crippen molar-refractivity contribution in [2.45, 2.75) is 19.3 Å². The number of phosphoric acid groups is 1. The van der Waals surface area contributed by atoms with E-state index in [9.17, 15) is 9.67 Å². The van der Waals surface area contributed by atoms with Gasteiger partial charge in [-0.1, -0.05) is 18.0 Å². The predicted octanol–water partition coefficient (Wildman–Crippen LogP) is 4.35. The minimum atomic E-state index is -4.52. The van der Waals surface area contributed by atoms with Crippen molar-refractivity contribution in [1.82, 2.24) is 4.98 Å². The number of rotatable bonds is 11. The largest absolute Gasteiger partial charge is 0.497 e. The van der Waals surface area contributed by atoms with Crippen LogP contribution in [0.4, 0.5) is 5.69 Å². The van der Waals surface area contributed by atoms with Crippen molar-refractivity contribution >= 4 is 46.9 Å². The zero-order valence-corrected chi connectivity index (χ0v) is 18.8. The van der Waals surface area contributed by atoms with Crippen molar-refractivity contribution in [3.05, 3.63) is 41.4 Å². The summed E-state index contributed by atoms with van der Waals surface area (Å²) in [6.07, 6.45) is 2.16. The fraction of sp³-hybridized carbons (Fsp3) is 0.381. The molecule has 0 radical (unpaired) electrons. The number of aromatic nitrogens is 1. The van der Waals surface area contributed by atoms with Crippen LogP contribution < -0.4 is 10.1 Å². The van der Waals surface area contributed by atoms with Gasteiger partial charge in [-0.3, -0.25) is 4.52 Å². The summed E-state index contributed by atoms with van der Waals surface area (Å²) in [5.74, 6) is 0.420. The van der Waals surface area contributed by atoms with Crippen molar-refractivity contribution < 1.29 is 28.7 Å². The van der Waals surface area contributed by atoms with Gasteiger partial charge in [0, 0.05) is 34.9 Å². The van der Waals surface area contributed by atoms with E-state index in [2.05, 4.69) is 9.84 Å². The Morgan fingerprint density at radius 1 is 1.13 bits per heavy atom. The van der Waals surface area contributed by atoms with Gasteiger partial charge in [-0.25, -0.2) is 9.55 Å². The Kier molecular flexibility index (Phi) is 8.11. The highest BCUT2D eigenvalue weighted by Crippen LogP contribution is 2.37. The van der Waals surface area contributed by atoms with E-state index in [1.54, 1.807) is 7.11 Å². The number of anilines is 1. The Hall–Kier alpha value is -1.93. The number of aliphatic hydroxyl groups is 1. The molecule has 1 atom stereocenters. The van der Waals surface area contributed by atoms with Gasteiger partial charge in [0.15, 0.2) is 0 Å². The van der Waals surface area contributed by atoms with E-state index in [1.165, 1.54) is 0 Å². The first-order chi connectivity index (χ1) is 14.8. The van der Waals surface area contributed by atoms with Crippen LogP contribution in [-0.4, -0.2) is 46.7 Å². The van der Waals surface area contributed by atoms with Crippen LogP contribution in [0.3, 0.4) is 0 Å². The third-order valence-corrected chi connectivity index (χ3v) is 5.74. The Labute approximate surface area is 185 Å². The number of halogens is 1. The number of phosphoric ester groups is 1. The molecule has 0 aliphatic rings. The number of hydrogen-bond acceptors (Lipinski definition) is 6. The minimum absolute atomic E-state index is 0.172. The SMILES string of the molecule is COc1ccc2nc3cc(Cl)ccc3c(NCCCCC(CO)COP(=O)(O)O)c2c1. The van der Waals surface area contributed by atoms with Crippen molar-refractivity contribution in [3.8, 4) is 5.75 Å². The molecule has 31 heavy (non-hydrogen) atoms. The van der Waals surface area contributed by atoms with Gasteiger partial charge in [0.25, 0.3) is 0 Å². The Balaban J connectivity index is 1.70. The number of unbranched alkanes of at least 4 members (excludes halogenated alkanes) is 1. The maximum absolute atomic E-state index is 10.8. The standard InChI is InChI=1S/C21H26ClN2O6P/c1-29-16-6-8-19-18(11-16)21(17-7-5-15(22)10-20(17)24-19)23-9-3-2-4-14(12-25)13-30-31(26,27)28/h5-8,10-11,14,25H,2-4,9,12-13H2,1H3,(H,23,24)(H2,26,27,28). The maximum Gasteiger partial charge on any atom is 0.469 e. The molecule has 168 valence electrons. The van der Waals surface area contributed by atoms with E-state index in [4.69, 9.17) is 31.1 Å². The summed E-state index contributed by atoms with van der Waals surface area (Å²) in [6.45, 7) is 0.313. The van der Waals surface area contributed by atoms with Gasteiger partial charge in [-0.15, -0.1) is 0 Å². The molecule has 8 nitrogen and oxygen atoms in total. The van der Waals surface area contributed by atoms with E-state index in [0.717, 1.165) is 46.1 Å². The second-order valence-electron chi connectivity index (χ2n) is 7.29. The topological polar surface area (TPSA) is 121 Å². The number of benzene rings is 2. The highest BCUT2D eigenvalue weighted by molar-refractivity contribution is 7.46. The van der Waals surface area contributed by atoms with Crippen molar-refractivity contribution in [3.63, 3.8) is 0 Å². The average molecular weight is 469 g/mol. The molecule has 1 heterocycles. The summed E-state index contributed by atoms with van der Waals surface area (Å²) < 4.78 is 20.7. The predicted molar refractivity (Wildman–Crippen MR) is 122 cm³/mol. The van der Waals surface area contributed by atoms with Crippen LogP contribution >= 0.6 is 19.4 Å². The molecular formula is C21H26ClN2O6P. The molecule has 3 aromatic rings. The summed E-state index contributed by atoms with van der Waals surface area (Å²) in [4.78, 5) is 22.3. The number of methoxy groups -OCH3 is 1. The average Bonchev–Trinajstić information content (AvgIpc) is 2.73. The number of nitrogens with one attached hydrogen (secondary N) is 1. The molecular weight excluding hydrogens is 443 g/mol. The molecule has 0 aliphatic heterocycles. The summed E-state index contributed by atoms with van der Waals surface area (Å²) in [7, 11) is -2.90. The molecule has 0 aliphatic carbocycles. The Bertz CT molecular complexity index is 1090. The first kappa shape index (κ1) is 23.7. The molecule has 3 rings (SSSR count). The smallest absolute Gasteiger partial charge is 0.469 e. The molecule has 10 heteroatoms. The fourth-order valence-electron chi connectivity index (χ4n) is 3.42. The lowest BCUT2D eigenvalue weighted by Crippen LogP contribution is -2.14. The van der Waals surface area contributed by atoms with Gasteiger partial charge in [0.1, 0.15) is 5.75 Å². The van der Waals surface area contributed by atoms with E-state index in [1.807, 2.05) is 36.4 Å². The van der Waals surface area contributed by atoms with Gasteiger partial charge < -0.3 is 24.9 Å². The summed E-state index contributed by atoms with van der Waals surface area (Å²) in [6, 6.07) is 11.3. The summed E-state index contributed by atoms with van der Waals surface area (Å²) >= 11 is 6.15. The molecule has 1 unspecified atom stereocenters. The van der Waals surface area contributed by atoms with Crippen LogP contribution in [0.25, 0.3) is 21.8 Å². The third-order valence-electron chi connectivity index (χ3n) is 5.02. The minimum Gasteiger partial charge on any atom is -0.497 e. The number of hydrogen-bond donors (Lipinski definition) is 4. The van der Waals surface area contributed by atoms with E-state index >= 15 is 0 Å². The van der Waals surface area contributed by atoms with Crippen molar-refractivity contribution in [2.75, 3.05) is 32.2 Å². The fourth-order valence-corrected chi connectivity index (χ4v) is 3.99. The summed E-state index contributed by atoms with van der Waals surface area (Å²) in [5.41, 5.74) is 2.56. The lowest BCUT2D eigenvalue weighted by Gasteiger charge is -2.16. The van der Waals surface area contributed by atoms with E-state index in [-0.39, 0.29) is 19.1 Å². The summed E-state index contributed by atoms with van der Waals surface area (Å²) in [5, 5.41) is 15.4. The second-order valence-corrected chi connectivity index (χ2v) is 8.96. The zero-order valence-electron chi connectivity index (χ0n) is 17.1. The van der Waals surface area contributed by atoms with Crippen LogP contribution in [0, 0.1) is 5.92 Å². The third kappa shape index (κ3) is 6.53. The first-order valence-electron chi connectivity index (χ1n) is 9.92. The van der Waals surface area contributed by atoms with Gasteiger partial charge in [-0.05, 0) is 49.2 Å². The van der Waals surface area contributed by atoms with Crippen LogP contribution in [0.15, 0.2) is 36.4 Å². The molecule has 0 saturated carbocycles. The number of nitrogens with zero attached hydrogens (tertiary/aromatic N) is 1. The van der Waals surface area contributed by atoms with Gasteiger partial charge in [0.2, 0.25) is 0 Å². The molecule has 2 aromatic carbocycles. The number of aliphatic hydroxyl groups excluding tert-OH is 1. The van der Waals surface area contributed by atoms with Crippen molar-refractivity contribution in [2.24, 2.45) is 5.92 Å². The second kappa shape index (κ2) is 10.6. The molecule has 0 fully saturated rings. The molecule has 0 spiro atoms. The van der Waals surface area contributed by atoms with Gasteiger partial charge in [0.05, 0.1) is 30.4 Å². The highest BCUT2D eigenvalue weighted by Gasteiger charge is 2.17. The number of ether oxygens (including phenoxy) is 1. The molecule has 0 bridgehead atoms. The molecule has 0 amide bonds. The molecule has 0 saturated heterocycles. The zero-order chi connectivity index (χ0) is 22.4. The first-order valence-corrected chi connectivity index (χ1v) is 11.8. The van der Waals surface area contributed by atoms with Gasteiger partial charge in [-0.2, -0.15) is 0 Å². The van der Waals surface area contributed by atoms with Crippen LogP contribution in [-0.2, 0) is 9.09 Å². The maximum atomic E-state index is 10.8. The normalized spacial score (nSPS) is 12.9. The number of fused-ring (bicyclic) bond motifs is 2. The van der Waals surface area contributed by atoms with E-state index in [0.29, 0.717) is 18.0 Å². The van der Waals surface area contributed by atoms with Crippen molar-refractivity contribution in [1.29, 1.82) is 0 Å². The Morgan fingerprint density at radius 3 is 2.65 bits per heavy atom. The lowest BCUT2D eigenvalue weighted by atomic mass is 10.0. The highest BCUT2D eigenvalue weighted by atomic mass is 35.5. The molecule has 1 aromatic heterocycles. The quantitative estimate of drug-likeness (QED) is 0.186. The Morgan fingerprint density at radius 2 is 1.94 bits per heavy atom. The van der Waals surface area contributed by atoms with Crippen LogP contribution in [0.2, 0.25) is 5.02 Å². The van der Waals surface area contributed by atoms with E-state index < -0.39 is 7.82 Å². The van der Waals surface area contributed by atoms with Crippen LogP contribution in [0.5, 0.6) is 5.75 Å². The molecule has 4 N–H and O–H groups in total. The number of pyridine rings is 1. The monoisotopic (exact) mass is 468 g/mol. The van der Waals surface area contributed by atoms with Crippen LogP contribution in [0.1, 0.15) is 19.3 Å².